The van der Waals surface area contributed by atoms with E-state index in [-0.39, 0.29) is 11.8 Å². The van der Waals surface area contributed by atoms with Crippen molar-refractivity contribution in [3.8, 4) is 0 Å². The Kier molecular flexibility index (Phi) is 5.38. The number of hydrogen-bond acceptors (Lipinski definition) is 1. The van der Waals surface area contributed by atoms with Gasteiger partial charge in [-0.1, -0.05) is 53.2 Å². The molecule has 104 valence electrons. The Morgan fingerprint density at radius 3 is 2.50 bits per heavy atom. The zero-order chi connectivity index (χ0) is 14.5. The van der Waals surface area contributed by atoms with E-state index < -0.39 is 0 Å². The SMILES string of the molecule is CCC(C(=O)Nc1cc(Br)ccc1Br)c1ccccc1. The Morgan fingerprint density at radius 2 is 1.85 bits per heavy atom. The molecule has 2 aromatic rings. The number of amides is 1. The Morgan fingerprint density at radius 1 is 1.15 bits per heavy atom. The van der Waals surface area contributed by atoms with Gasteiger partial charge in [0.05, 0.1) is 11.6 Å². The van der Waals surface area contributed by atoms with E-state index in [1.54, 1.807) is 0 Å². The molecule has 0 bridgehead atoms. The van der Waals surface area contributed by atoms with E-state index in [1.807, 2.05) is 55.5 Å². The van der Waals surface area contributed by atoms with Crippen molar-refractivity contribution in [2.75, 3.05) is 5.32 Å². The molecular formula is C16H15Br2NO. The third-order valence-electron chi connectivity index (χ3n) is 3.11. The van der Waals surface area contributed by atoms with Crippen LogP contribution in [0.25, 0.3) is 0 Å². The van der Waals surface area contributed by atoms with Crippen molar-refractivity contribution in [1.29, 1.82) is 0 Å². The highest BCUT2D eigenvalue weighted by Crippen LogP contribution is 2.28. The molecule has 2 aromatic carbocycles. The first-order valence-electron chi connectivity index (χ1n) is 6.42. The van der Waals surface area contributed by atoms with Crippen molar-refractivity contribution in [2.45, 2.75) is 19.3 Å². The number of carbonyl (C=O) groups is 1. The van der Waals surface area contributed by atoms with Crippen LogP contribution in [0.2, 0.25) is 0 Å². The van der Waals surface area contributed by atoms with Gasteiger partial charge in [-0.15, -0.1) is 0 Å². The molecule has 0 aliphatic carbocycles. The maximum atomic E-state index is 12.5. The van der Waals surface area contributed by atoms with Gasteiger partial charge in [0.1, 0.15) is 0 Å². The molecule has 0 aliphatic heterocycles. The number of hydrogen-bond donors (Lipinski definition) is 1. The molecule has 1 unspecified atom stereocenters. The summed E-state index contributed by atoms with van der Waals surface area (Å²) in [7, 11) is 0. The molecule has 0 saturated carbocycles. The average molecular weight is 397 g/mol. The summed E-state index contributed by atoms with van der Waals surface area (Å²) in [6.45, 7) is 2.02. The molecule has 0 radical (unpaired) electrons. The molecule has 20 heavy (non-hydrogen) atoms. The maximum absolute atomic E-state index is 12.5. The van der Waals surface area contributed by atoms with Gasteiger partial charge in [-0.25, -0.2) is 0 Å². The molecule has 1 amide bonds. The third kappa shape index (κ3) is 3.70. The molecule has 0 fully saturated rings. The van der Waals surface area contributed by atoms with E-state index in [4.69, 9.17) is 0 Å². The topological polar surface area (TPSA) is 29.1 Å². The van der Waals surface area contributed by atoms with Gasteiger partial charge in [0.15, 0.2) is 0 Å². The van der Waals surface area contributed by atoms with Gasteiger partial charge in [0.2, 0.25) is 5.91 Å². The predicted molar refractivity (Wildman–Crippen MR) is 89.9 cm³/mol. The second kappa shape index (κ2) is 7.04. The van der Waals surface area contributed by atoms with Crippen LogP contribution in [0.3, 0.4) is 0 Å². The zero-order valence-electron chi connectivity index (χ0n) is 11.1. The number of anilines is 1. The van der Waals surface area contributed by atoms with Crippen molar-refractivity contribution >= 4 is 43.5 Å². The molecule has 0 aromatic heterocycles. The minimum atomic E-state index is -0.137. The van der Waals surface area contributed by atoms with Crippen LogP contribution in [0.15, 0.2) is 57.5 Å². The van der Waals surface area contributed by atoms with Crippen LogP contribution in [0.1, 0.15) is 24.8 Å². The minimum absolute atomic E-state index is 0.0116. The van der Waals surface area contributed by atoms with Crippen LogP contribution >= 0.6 is 31.9 Å². The third-order valence-corrected chi connectivity index (χ3v) is 4.30. The van der Waals surface area contributed by atoms with Gasteiger partial charge in [0.25, 0.3) is 0 Å². The van der Waals surface area contributed by atoms with Crippen molar-refractivity contribution in [2.24, 2.45) is 0 Å². The molecule has 0 heterocycles. The normalized spacial score (nSPS) is 11.9. The van der Waals surface area contributed by atoms with Gasteiger partial charge >= 0.3 is 0 Å². The van der Waals surface area contributed by atoms with Crippen molar-refractivity contribution < 1.29 is 4.79 Å². The lowest BCUT2D eigenvalue weighted by atomic mass is 9.95. The molecule has 1 N–H and O–H groups in total. The van der Waals surface area contributed by atoms with Crippen LogP contribution in [0.4, 0.5) is 5.69 Å². The van der Waals surface area contributed by atoms with Crippen LogP contribution in [0, 0.1) is 0 Å². The summed E-state index contributed by atoms with van der Waals surface area (Å²) >= 11 is 6.86. The van der Waals surface area contributed by atoms with Gasteiger partial charge < -0.3 is 5.32 Å². The summed E-state index contributed by atoms with van der Waals surface area (Å²) in [4.78, 5) is 12.5. The number of halogens is 2. The first-order chi connectivity index (χ1) is 9.61. The van der Waals surface area contributed by atoms with Crippen LogP contribution in [0.5, 0.6) is 0 Å². The molecular weight excluding hydrogens is 382 g/mol. The number of nitrogens with one attached hydrogen (secondary N) is 1. The molecule has 0 aliphatic rings. The van der Waals surface area contributed by atoms with Crippen LogP contribution < -0.4 is 5.32 Å². The Labute approximate surface area is 135 Å². The van der Waals surface area contributed by atoms with Crippen molar-refractivity contribution in [1.82, 2.24) is 0 Å². The standard InChI is InChI=1S/C16H15Br2NO/c1-2-13(11-6-4-3-5-7-11)16(20)19-15-10-12(17)8-9-14(15)18/h3-10,13H,2H2,1H3,(H,19,20). The smallest absolute Gasteiger partial charge is 0.231 e. The molecule has 0 spiro atoms. The highest BCUT2D eigenvalue weighted by atomic mass is 79.9. The van der Waals surface area contributed by atoms with Crippen molar-refractivity contribution in [3.05, 3.63) is 63.0 Å². The molecule has 4 heteroatoms. The summed E-state index contributed by atoms with van der Waals surface area (Å²) in [6, 6.07) is 15.6. The van der Waals surface area contributed by atoms with Crippen molar-refractivity contribution in [3.63, 3.8) is 0 Å². The van der Waals surface area contributed by atoms with E-state index in [9.17, 15) is 4.79 Å². The fourth-order valence-electron chi connectivity index (χ4n) is 2.07. The monoisotopic (exact) mass is 395 g/mol. The first-order valence-corrected chi connectivity index (χ1v) is 8.01. The second-order valence-corrected chi connectivity index (χ2v) is 6.25. The highest BCUT2D eigenvalue weighted by Gasteiger charge is 2.19. The van der Waals surface area contributed by atoms with E-state index in [2.05, 4.69) is 37.2 Å². The molecule has 2 nitrogen and oxygen atoms in total. The Hall–Kier alpha value is -1.13. The van der Waals surface area contributed by atoms with Gasteiger partial charge in [-0.2, -0.15) is 0 Å². The van der Waals surface area contributed by atoms with E-state index in [1.165, 1.54) is 0 Å². The maximum Gasteiger partial charge on any atom is 0.231 e. The summed E-state index contributed by atoms with van der Waals surface area (Å²) in [5.74, 6) is -0.125. The van der Waals surface area contributed by atoms with Crippen LogP contribution in [-0.2, 0) is 4.79 Å². The zero-order valence-corrected chi connectivity index (χ0v) is 14.2. The van der Waals surface area contributed by atoms with Gasteiger partial charge in [0, 0.05) is 8.95 Å². The number of rotatable bonds is 4. The lowest BCUT2D eigenvalue weighted by molar-refractivity contribution is -0.117. The van der Waals surface area contributed by atoms with E-state index in [0.717, 1.165) is 26.6 Å². The van der Waals surface area contributed by atoms with Gasteiger partial charge in [-0.3, -0.25) is 4.79 Å². The summed E-state index contributed by atoms with van der Waals surface area (Å²) < 4.78 is 1.81. The summed E-state index contributed by atoms with van der Waals surface area (Å²) in [6.07, 6.45) is 0.765. The number of benzene rings is 2. The minimum Gasteiger partial charge on any atom is -0.324 e. The molecule has 2 rings (SSSR count). The average Bonchev–Trinajstić information content (AvgIpc) is 2.45. The first kappa shape index (κ1) is 15.3. The highest BCUT2D eigenvalue weighted by molar-refractivity contribution is 9.11. The van der Waals surface area contributed by atoms with E-state index in [0.29, 0.717) is 0 Å². The fourth-order valence-corrected chi connectivity index (χ4v) is 2.78. The summed E-state index contributed by atoms with van der Waals surface area (Å²) in [5, 5.41) is 2.98. The Balaban J connectivity index is 2.20. The number of carbonyl (C=O) groups excluding carboxylic acids is 1. The quantitative estimate of drug-likeness (QED) is 0.741. The second-order valence-electron chi connectivity index (χ2n) is 4.48. The summed E-state index contributed by atoms with van der Waals surface area (Å²) in [5.41, 5.74) is 1.82. The lowest BCUT2D eigenvalue weighted by Gasteiger charge is -2.16. The van der Waals surface area contributed by atoms with E-state index >= 15 is 0 Å². The largest absolute Gasteiger partial charge is 0.324 e. The predicted octanol–water partition coefficient (Wildman–Crippen LogP) is 5.34. The molecule has 0 saturated heterocycles. The fraction of sp³-hybridized carbons (Fsp3) is 0.188. The van der Waals surface area contributed by atoms with Gasteiger partial charge in [-0.05, 0) is 46.1 Å². The van der Waals surface area contributed by atoms with Crippen LogP contribution in [-0.4, -0.2) is 5.91 Å². The Bertz CT molecular complexity index is 599. The molecule has 1 atom stereocenters. The lowest BCUT2D eigenvalue weighted by Crippen LogP contribution is -2.20.